The summed E-state index contributed by atoms with van der Waals surface area (Å²) in [7, 11) is 0. The van der Waals surface area contributed by atoms with Gasteiger partial charge in [0.05, 0.1) is 28.3 Å². The Morgan fingerprint density at radius 3 is 2.36 bits per heavy atom. The molecule has 284 valence electrons. The van der Waals surface area contributed by atoms with E-state index in [2.05, 4.69) is 36.5 Å². The minimum atomic E-state index is -0.780. The van der Waals surface area contributed by atoms with E-state index in [9.17, 15) is 19.2 Å². The number of fused-ring (bicyclic) bond motifs is 1. The molecule has 13 nitrogen and oxygen atoms in total. The van der Waals surface area contributed by atoms with Crippen molar-refractivity contribution in [3.63, 3.8) is 0 Å². The molecule has 4 aromatic rings. The van der Waals surface area contributed by atoms with E-state index < -0.39 is 11.9 Å². The van der Waals surface area contributed by atoms with Crippen molar-refractivity contribution in [1.29, 1.82) is 5.26 Å². The van der Waals surface area contributed by atoms with Crippen molar-refractivity contribution in [2.45, 2.75) is 56.7 Å². The maximum absolute atomic E-state index is 13.2. The molecule has 55 heavy (non-hydrogen) atoms. The molecule has 14 heteroatoms. The zero-order chi connectivity index (χ0) is 38.1. The second-order valence-corrected chi connectivity index (χ2v) is 15.5. The van der Waals surface area contributed by atoms with Crippen LogP contribution in [0.1, 0.15) is 60.5 Å². The molecule has 3 saturated heterocycles. The lowest BCUT2D eigenvalue weighted by atomic mass is 9.92. The first-order valence-corrected chi connectivity index (χ1v) is 19.4. The molecule has 1 saturated carbocycles. The van der Waals surface area contributed by atoms with Gasteiger partial charge in [-0.25, -0.2) is 4.68 Å². The summed E-state index contributed by atoms with van der Waals surface area (Å²) >= 11 is 6.15. The fourth-order valence-corrected chi connectivity index (χ4v) is 8.42. The molecule has 3 aliphatic heterocycles. The van der Waals surface area contributed by atoms with Gasteiger partial charge in [-0.05, 0) is 86.7 Å². The zero-order valence-corrected chi connectivity index (χ0v) is 31.2. The summed E-state index contributed by atoms with van der Waals surface area (Å²) < 4.78 is 7.29. The maximum Gasteiger partial charge on any atom is 0.275 e. The fourth-order valence-electron chi connectivity index (χ4n) is 8.21. The summed E-state index contributed by atoms with van der Waals surface area (Å²) in [5.74, 6) is 0.377. The van der Waals surface area contributed by atoms with Gasteiger partial charge < -0.3 is 19.9 Å². The van der Waals surface area contributed by atoms with Crippen LogP contribution >= 0.6 is 11.6 Å². The van der Waals surface area contributed by atoms with Gasteiger partial charge in [0.2, 0.25) is 5.91 Å². The van der Waals surface area contributed by atoms with Crippen molar-refractivity contribution in [2.24, 2.45) is 5.92 Å². The zero-order valence-electron chi connectivity index (χ0n) is 30.5. The highest BCUT2D eigenvalue weighted by Crippen LogP contribution is 2.29. The Morgan fingerprint density at radius 1 is 0.909 bits per heavy atom. The van der Waals surface area contributed by atoms with E-state index >= 15 is 0 Å². The van der Waals surface area contributed by atoms with E-state index in [0.717, 1.165) is 88.3 Å². The molecule has 1 atom stereocenters. The Hall–Kier alpha value is -5.45. The van der Waals surface area contributed by atoms with Gasteiger partial charge in [-0.3, -0.25) is 29.4 Å². The number of halogens is 1. The molecule has 0 bridgehead atoms. The summed E-state index contributed by atoms with van der Waals surface area (Å²) in [4.78, 5) is 57.3. The monoisotopic (exact) mass is 762 g/mol. The van der Waals surface area contributed by atoms with Crippen LogP contribution in [0, 0.1) is 17.2 Å². The lowest BCUT2D eigenvalue weighted by Crippen LogP contribution is -2.55. The van der Waals surface area contributed by atoms with Crippen LogP contribution in [0.4, 0.5) is 11.4 Å². The largest absolute Gasteiger partial charge is 0.490 e. The third-order valence-electron chi connectivity index (χ3n) is 11.4. The van der Waals surface area contributed by atoms with Crippen molar-refractivity contribution < 1.29 is 19.1 Å². The quantitative estimate of drug-likeness (QED) is 0.237. The first-order valence-electron chi connectivity index (χ1n) is 19.1. The Bertz CT molecular complexity index is 2200. The van der Waals surface area contributed by atoms with Gasteiger partial charge in [-0.2, -0.15) is 10.4 Å². The van der Waals surface area contributed by atoms with Gasteiger partial charge in [0, 0.05) is 92.6 Å². The molecule has 3 aromatic carbocycles. The highest BCUT2D eigenvalue weighted by Gasteiger charge is 2.32. The average molecular weight is 763 g/mol. The second kappa shape index (κ2) is 15.7. The number of carbonyl (C=O) groups is 3. The summed E-state index contributed by atoms with van der Waals surface area (Å²) in [6.45, 7) is 6.69. The number of nitriles is 1. The fraction of sp³-hybridized carbons (Fsp3) is 0.415. The number of anilines is 2. The Labute approximate surface area is 323 Å². The molecular formula is C41H43ClN8O5. The molecule has 0 unspecified atom stereocenters. The van der Waals surface area contributed by atoms with Gasteiger partial charge in [-0.1, -0.05) is 11.6 Å². The molecule has 8 rings (SSSR count). The predicted octanol–water partition coefficient (Wildman–Crippen LogP) is 4.28. The van der Waals surface area contributed by atoms with Gasteiger partial charge in [0.15, 0.2) is 0 Å². The standard InChI is InChI=1S/C41H43ClN8O5/c42-36-20-34(9-3-28(36)21-43)55-33-10-4-30(5-11-33)45-39(52)27-1-6-31(7-2-27)49-24-26(25-49)23-47-15-17-48(18-16-47)32-8-12-35-29(19-32)22-44-50(41(35)54)37-13-14-38(51)46-40(37)53/h1-3,6-9,12,19-20,22,26,30,33,37H,4-5,10-11,13-18,23-25H2,(H,45,52)(H,46,51,53)/t30-,33-,37-/m0/s1. The van der Waals surface area contributed by atoms with Gasteiger partial charge in [-0.15, -0.1) is 0 Å². The number of rotatable bonds is 9. The van der Waals surface area contributed by atoms with Crippen LogP contribution in [0.15, 0.2) is 71.7 Å². The number of hydrogen-bond donors (Lipinski definition) is 2. The smallest absolute Gasteiger partial charge is 0.275 e. The van der Waals surface area contributed by atoms with Gasteiger partial charge in [0.1, 0.15) is 17.9 Å². The number of carbonyl (C=O) groups excluding carboxylic acids is 3. The minimum absolute atomic E-state index is 0.0518. The maximum atomic E-state index is 13.2. The number of piperazine rings is 1. The number of aromatic nitrogens is 2. The van der Waals surface area contributed by atoms with E-state index in [4.69, 9.17) is 21.6 Å². The number of hydrogen-bond acceptors (Lipinski definition) is 10. The molecule has 2 N–H and O–H groups in total. The summed E-state index contributed by atoms with van der Waals surface area (Å²) in [5.41, 5.74) is 2.94. The molecule has 3 amide bonds. The number of ether oxygens (including phenoxy) is 1. The number of nitrogens with one attached hydrogen (secondary N) is 2. The van der Waals surface area contributed by atoms with Crippen LogP contribution in [0.5, 0.6) is 5.75 Å². The van der Waals surface area contributed by atoms with Crippen LogP contribution in [0.2, 0.25) is 5.02 Å². The lowest BCUT2D eigenvalue weighted by molar-refractivity contribution is -0.136. The Kier molecular flexibility index (Phi) is 10.4. The number of benzene rings is 3. The van der Waals surface area contributed by atoms with Crippen molar-refractivity contribution in [1.82, 2.24) is 25.3 Å². The molecule has 0 spiro atoms. The highest BCUT2D eigenvalue weighted by molar-refractivity contribution is 6.31. The lowest BCUT2D eigenvalue weighted by Gasteiger charge is -2.45. The minimum Gasteiger partial charge on any atom is -0.490 e. The van der Waals surface area contributed by atoms with Crippen molar-refractivity contribution in [3.05, 3.63) is 93.4 Å². The van der Waals surface area contributed by atoms with Crippen LogP contribution in [0.3, 0.4) is 0 Å². The average Bonchev–Trinajstić information content (AvgIpc) is 3.18. The van der Waals surface area contributed by atoms with Crippen LogP contribution < -0.4 is 30.7 Å². The number of piperidine rings is 1. The Morgan fingerprint density at radius 2 is 1.65 bits per heavy atom. The summed E-state index contributed by atoms with van der Waals surface area (Å²) in [5, 5.41) is 20.5. The predicted molar refractivity (Wildman–Crippen MR) is 209 cm³/mol. The van der Waals surface area contributed by atoms with Crippen molar-refractivity contribution >= 4 is 51.5 Å². The van der Waals surface area contributed by atoms with Crippen LogP contribution in [0.25, 0.3) is 10.8 Å². The molecule has 4 fully saturated rings. The molecular weight excluding hydrogens is 720 g/mol. The number of amides is 3. The van der Waals surface area contributed by atoms with Crippen molar-refractivity contribution in [2.75, 3.05) is 55.6 Å². The SMILES string of the molecule is N#Cc1ccc(O[C@H]2CC[C@H](NC(=O)c3ccc(N4CC(CN5CCN(c6ccc7c(=O)n([C@H]8CCC(=O)NC8=O)ncc7c6)CC5)C4)cc3)CC2)cc1Cl. The van der Waals surface area contributed by atoms with E-state index in [0.29, 0.717) is 33.2 Å². The van der Waals surface area contributed by atoms with Crippen LogP contribution in [-0.2, 0) is 9.59 Å². The first kappa shape index (κ1) is 36.5. The summed E-state index contributed by atoms with van der Waals surface area (Å²) in [6.07, 6.45) is 5.46. The number of nitrogens with zero attached hydrogens (tertiary/aromatic N) is 6. The normalized spacial score (nSPS) is 22.1. The molecule has 1 aromatic heterocycles. The van der Waals surface area contributed by atoms with E-state index in [-0.39, 0.29) is 42.4 Å². The third-order valence-corrected chi connectivity index (χ3v) is 11.7. The second-order valence-electron chi connectivity index (χ2n) is 15.1. The van der Waals surface area contributed by atoms with Crippen LogP contribution in [-0.4, -0.2) is 90.4 Å². The highest BCUT2D eigenvalue weighted by atomic mass is 35.5. The number of imide groups is 1. The van der Waals surface area contributed by atoms with E-state index in [1.54, 1.807) is 24.4 Å². The van der Waals surface area contributed by atoms with Crippen molar-refractivity contribution in [3.8, 4) is 11.8 Å². The topological polar surface area (TPSA) is 153 Å². The molecule has 1 aliphatic carbocycles. The molecule has 0 radical (unpaired) electrons. The molecule has 4 heterocycles. The first-order chi connectivity index (χ1) is 26.7. The van der Waals surface area contributed by atoms with E-state index in [1.165, 1.54) is 4.68 Å². The Balaban J connectivity index is 0.757. The molecule has 4 aliphatic rings. The van der Waals surface area contributed by atoms with Gasteiger partial charge in [0.25, 0.3) is 17.4 Å². The third kappa shape index (κ3) is 8.02. The summed E-state index contributed by atoms with van der Waals surface area (Å²) in [6, 6.07) is 20.2. The van der Waals surface area contributed by atoms with E-state index in [1.807, 2.05) is 42.5 Å². The van der Waals surface area contributed by atoms with Gasteiger partial charge >= 0.3 is 0 Å².